The molecule has 1 heterocycles. The summed E-state index contributed by atoms with van der Waals surface area (Å²) in [7, 11) is 2.16. The van der Waals surface area contributed by atoms with Crippen LogP contribution in [0.5, 0.6) is 11.5 Å². The van der Waals surface area contributed by atoms with Crippen molar-refractivity contribution in [3.8, 4) is 11.5 Å². The average molecular weight is 343 g/mol. The van der Waals surface area contributed by atoms with E-state index in [-0.39, 0.29) is 11.5 Å². The lowest BCUT2D eigenvalue weighted by Crippen LogP contribution is -2.44. The molecule has 0 unspecified atom stereocenters. The number of aliphatic hydroxyl groups is 1. The summed E-state index contributed by atoms with van der Waals surface area (Å²) in [4.78, 5) is 2.38. The lowest BCUT2D eigenvalue weighted by molar-refractivity contribution is 0.137. The van der Waals surface area contributed by atoms with Crippen LogP contribution in [-0.4, -0.2) is 49.0 Å². The largest absolute Gasteiger partial charge is 0.490 e. The van der Waals surface area contributed by atoms with Gasteiger partial charge in [0.2, 0.25) is 0 Å². The fourth-order valence-corrected chi connectivity index (χ4v) is 4.36. The lowest BCUT2D eigenvalue weighted by atomic mass is 9.69. The van der Waals surface area contributed by atoms with Gasteiger partial charge in [-0.3, -0.25) is 0 Å². The predicted molar refractivity (Wildman–Crippen MR) is 98.3 cm³/mol. The summed E-state index contributed by atoms with van der Waals surface area (Å²) in [5.41, 5.74) is 1.25. The van der Waals surface area contributed by atoms with E-state index in [0.29, 0.717) is 18.6 Å². The Balaban J connectivity index is 1.68. The molecule has 4 rings (SSSR count). The van der Waals surface area contributed by atoms with Gasteiger partial charge in [-0.25, -0.2) is 0 Å². The van der Waals surface area contributed by atoms with Crippen molar-refractivity contribution >= 4 is 0 Å². The molecule has 1 saturated heterocycles. The van der Waals surface area contributed by atoms with Crippen molar-refractivity contribution in [2.75, 3.05) is 26.8 Å². The molecule has 4 heteroatoms. The smallest absolute Gasteiger partial charge is 0.161 e. The van der Waals surface area contributed by atoms with Gasteiger partial charge in [0.15, 0.2) is 11.5 Å². The molecular formula is C21H29NO3. The first kappa shape index (κ1) is 16.9. The van der Waals surface area contributed by atoms with E-state index in [1.165, 1.54) is 18.4 Å². The van der Waals surface area contributed by atoms with Crippen LogP contribution >= 0.6 is 0 Å². The Kier molecular flexibility index (Phi) is 4.50. The quantitative estimate of drug-likeness (QED) is 0.806. The molecule has 3 atom stereocenters. The number of rotatable bonds is 6. The maximum absolute atomic E-state index is 10.1. The van der Waals surface area contributed by atoms with Gasteiger partial charge in [-0.05, 0) is 69.8 Å². The van der Waals surface area contributed by atoms with E-state index in [2.05, 4.69) is 36.2 Å². The fraction of sp³-hybridized carbons (Fsp3) is 0.619. The van der Waals surface area contributed by atoms with Gasteiger partial charge in [0.25, 0.3) is 0 Å². The molecular weight excluding hydrogens is 314 g/mol. The van der Waals surface area contributed by atoms with Crippen molar-refractivity contribution < 1.29 is 14.6 Å². The lowest BCUT2D eigenvalue weighted by Gasteiger charge is -2.39. The van der Waals surface area contributed by atoms with E-state index in [0.717, 1.165) is 37.5 Å². The molecule has 0 spiro atoms. The Morgan fingerprint density at radius 1 is 1.24 bits per heavy atom. The number of hydrogen-bond donors (Lipinski definition) is 1. The molecule has 4 nitrogen and oxygen atoms in total. The molecule has 25 heavy (non-hydrogen) atoms. The zero-order chi connectivity index (χ0) is 17.4. The monoisotopic (exact) mass is 343 g/mol. The molecule has 2 fully saturated rings. The fourth-order valence-electron chi connectivity index (χ4n) is 4.36. The summed E-state index contributed by atoms with van der Waals surface area (Å²) >= 11 is 0. The molecule has 3 aliphatic rings. The second-order valence-corrected chi connectivity index (χ2v) is 7.80. The molecule has 1 N–H and O–H groups in total. The minimum Gasteiger partial charge on any atom is -0.490 e. The van der Waals surface area contributed by atoms with Crippen LogP contribution in [0.25, 0.3) is 0 Å². The van der Waals surface area contributed by atoms with Crippen LogP contribution in [0, 0.1) is 5.92 Å². The van der Waals surface area contributed by atoms with E-state index >= 15 is 0 Å². The summed E-state index contributed by atoms with van der Waals surface area (Å²) in [6, 6.07) is 6.76. The Labute approximate surface area is 150 Å². The Bertz CT molecular complexity index is 655. The Hall–Kier alpha value is -1.52. The van der Waals surface area contributed by atoms with Crippen molar-refractivity contribution in [2.24, 2.45) is 5.92 Å². The number of fused-ring (bicyclic) bond motifs is 1. The van der Waals surface area contributed by atoms with E-state index in [1.807, 2.05) is 13.0 Å². The first-order valence-corrected chi connectivity index (χ1v) is 9.60. The van der Waals surface area contributed by atoms with Crippen molar-refractivity contribution in [3.05, 3.63) is 35.9 Å². The van der Waals surface area contributed by atoms with Crippen molar-refractivity contribution in [3.63, 3.8) is 0 Å². The molecule has 1 aromatic carbocycles. The molecule has 136 valence electrons. The average Bonchev–Trinajstić information content (AvgIpc) is 3.39. The van der Waals surface area contributed by atoms with Gasteiger partial charge in [0.1, 0.15) is 0 Å². The topological polar surface area (TPSA) is 41.9 Å². The van der Waals surface area contributed by atoms with E-state index in [1.54, 1.807) is 0 Å². The minimum atomic E-state index is -0.341. The first-order chi connectivity index (χ1) is 12.1. The van der Waals surface area contributed by atoms with Crippen LogP contribution in [0.1, 0.15) is 38.2 Å². The van der Waals surface area contributed by atoms with Crippen LogP contribution < -0.4 is 9.47 Å². The second-order valence-electron chi connectivity index (χ2n) is 7.80. The zero-order valence-electron chi connectivity index (χ0n) is 15.3. The number of nitrogens with zero attached hydrogens (tertiary/aromatic N) is 1. The van der Waals surface area contributed by atoms with Gasteiger partial charge in [-0.15, -0.1) is 0 Å². The molecule has 0 bridgehead atoms. The van der Waals surface area contributed by atoms with Crippen LogP contribution in [0.4, 0.5) is 0 Å². The second kappa shape index (κ2) is 6.65. The zero-order valence-corrected chi connectivity index (χ0v) is 15.3. The number of ether oxygens (including phenoxy) is 2. The Morgan fingerprint density at radius 2 is 2.08 bits per heavy atom. The van der Waals surface area contributed by atoms with Crippen LogP contribution in [0.15, 0.2) is 30.4 Å². The molecule has 0 amide bonds. The van der Waals surface area contributed by atoms with Gasteiger partial charge >= 0.3 is 0 Å². The van der Waals surface area contributed by atoms with Gasteiger partial charge < -0.3 is 19.5 Å². The van der Waals surface area contributed by atoms with Crippen LogP contribution in [0.3, 0.4) is 0 Å². The number of likely N-dealkylation sites (N-methyl/N-ethyl adjacent to an activating group) is 1. The highest BCUT2D eigenvalue weighted by molar-refractivity contribution is 5.49. The highest BCUT2D eigenvalue weighted by Gasteiger charge is 2.48. The van der Waals surface area contributed by atoms with E-state index in [4.69, 9.17) is 9.47 Å². The summed E-state index contributed by atoms with van der Waals surface area (Å²) in [5, 5.41) is 10.1. The number of likely N-dealkylation sites (tertiary alicyclic amines) is 1. The van der Waals surface area contributed by atoms with Gasteiger partial charge in [0, 0.05) is 11.5 Å². The maximum atomic E-state index is 10.1. The molecule has 0 radical (unpaired) electrons. The summed E-state index contributed by atoms with van der Waals surface area (Å²) in [6.07, 6.45) is 8.28. The van der Waals surface area contributed by atoms with Gasteiger partial charge in [0.05, 0.1) is 19.3 Å². The number of aliphatic hydroxyl groups excluding tert-OH is 1. The maximum Gasteiger partial charge on any atom is 0.161 e. The predicted octanol–water partition coefficient (Wildman–Crippen LogP) is 3.14. The molecule has 1 aromatic rings. The summed E-state index contributed by atoms with van der Waals surface area (Å²) in [6.45, 7) is 4.48. The highest BCUT2D eigenvalue weighted by Crippen LogP contribution is 2.47. The number of hydrogen-bond acceptors (Lipinski definition) is 4. The third-order valence-electron chi connectivity index (χ3n) is 6.04. The van der Waals surface area contributed by atoms with Crippen LogP contribution in [-0.2, 0) is 5.41 Å². The highest BCUT2D eigenvalue weighted by atomic mass is 16.5. The summed E-state index contributed by atoms with van der Waals surface area (Å²) < 4.78 is 11.9. The van der Waals surface area contributed by atoms with E-state index < -0.39 is 0 Å². The molecule has 2 aliphatic carbocycles. The van der Waals surface area contributed by atoms with E-state index in [9.17, 15) is 5.11 Å². The molecule has 0 aromatic heterocycles. The minimum absolute atomic E-state index is 0.0313. The normalized spacial score (nSPS) is 31.8. The van der Waals surface area contributed by atoms with Crippen molar-refractivity contribution in [1.82, 2.24) is 4.90 Å². The third-order valence-corrected chi connectivity index (χ3v) is 6.04. The molecule has 1 aliphatic heterocycles. The van der Waals surface area contributed by atoms with Gasteiger partial charge in [-0.2, -0.15) is 0 Å². The summed E-state index contributed by atoms with van der Waals surface area (Å²) in [5.74, 6) is 2.42. The SMILES string of the molecule is CCOc1ccc([C@@]23C=C[C@@H](O)C[C@@H]2N(C)CC3)cc1OCC1CC1. The number of benzene rings is 1. The Morgan fingerprint density at radius 3 is 2.84 bits per heavy atom. The van der Waals surface area contributed by atoms with Crippen molar-refractivity contribution in [2.45, 2.75) is 50.2 Å². The van der Waals surface area contributed by atoms with Gasteiger partial charge in [-0.1, -0.05) is 18.2 Å². The van der Waals surface area contributed by atoms with Crippen molar-refractivity contribution in [1.29, 1.82) is 0 Å². The molecule has 1 saturated carbocycles. The van der Waals surface area contributed by atoms with Crippen LogP contribution in [0.2, 0.25) is 0 Å². The standard InChI is InChI=1S/C21H29NO3/c1-3-24-18-7-6-16(12-19(18)25-14-15-4-5-15)21-9-8-17(23)13-20(21)22(2)11-10-21/h6-9,12,15,17,20,23H,3-5,10-11,13-14H2,1-2H3/t17-,20+,21+/m1/s1. The third kappa shape index (κ3) is 3.18. The first-order valence-electron chi connectivity index (χ1n) is 9.60.